The highest BCUT2D eigenvalue weighted by Gasteiger charge is 2.35. The molecular weight excluding hydrogens is 524 g/mol. The number of benzene rings is 1. The Morgan fingerprint density at radius 1 is 1.15 bits per heavy atom. The first-order valence-corrected chi connectivity index (χ1v) is 12.6. The standard InChI is InChI=1S/C25H32N8O7/c1-16(2)10-18(30-24(36)39-11-17-6-4-3-5-7-17)22(35)40-14-25(12-28-37,13-29-38)8-9-33-15-27-19-20(33)31-23(26)32-21(19)34/h3-7,15-16,18H,8-14H2,1-2H3,(H,30,36)(H3,26,31,32,34). The molecule has 0 saturated heterocycles. The topological polar surface area (TPSA) is 213 Å². The van der Waals surface area contributed by atoms with Crippen LogP contribution >= 0.6 is 0 Å². The number of hydrogen-bond acceptors (Lipinski definition) is 12. The van der Waals surface area contributed by atoms with Gasteiger partial charge in [0, 0.05) is 6.54 Å². The molecule has 1 atom stereocenters. The second-order valence-electron chi connectivity index (χ2n) is 9.88. The molecule has 1 amide bonds. The molecule has 40 heavy (non-hydrogen) atoms. The van der Waals surface area contributed by atoms with Gasteiger partial charge in [0.1, 0.15) is 19.3 Å². The predicted molar refractivity (Wildman–Crippen MR) is 145 cm³/mol. The number of imidazole rings is 1. The molecule has 1 aromatic carbocycles. The van der Waals surface area contributed by atoms with Crippen LogP contribution in [0.2, 0.25) is 0 Å². The average Bonchev–Trinajstić information content (AvgIpc) is 3.32. The van der Waals surface area contributed by atoms with Gasteiger partial charge in [0.05, 0.1) is 24.8 Å². The van der Waals surface area contributed by atoms with Crippen LogP contribution in [-0.2, 0) is 27.4 Å². The first-order chi connectivity index (χ1) is 19.2. The third-order valence-electron chi connectivity index (χ3n) is 6.19. The Hall–Kier alpha value is -4.69. The van der Waals surface area contributed by atoms with Crippen molar-refractivity contribution in [2.24, 2.45) is 21.7 Å². The van der Waals surface area contributed by atoms with Gasteiger partial charge in [-0.1, -0.05) is 54.5 Å². The van der Waals surface area contributed by atoms with Gasteiger partial charge in [-0.25, -0.2) is 14.6 Å². The van der Waals surface area contributed by atoms with Crippen molar-refractivity contribution in [3.63, 3.8) is 0 Å². The number of carbonyl (C=O) groups is 2. The first-order valence-electron chi connectivity index (χ1n) is 12.6. The van der Waals surface area contributed by atoms with Crippen molar-refractivity contribution in [3.05, 3.63) is 62.4 Å². The maximum Gasteiger partial charge on any atom is 0.408 e. The van der Waals surface area contributed by atoms with E-state index in [4.69, 9.17) is 15.2 Å². The van der Waals surface area contributed by atoms with Gasteiger partial charge in [0.15, 0.2) is 11.2 Å². The Bertz CT molecular complexity index is 1360. The van der Waals surface area contributed by atoms with E-state index in [0.717, 1.165) is 5.56 Å². The van der Waals surface area contributed by atoms with Crippen molar-refractivity contribution in [1.29, 1.82) is 0 Å². The van der Waals surface area contributed by atoms with Crippen LogP contribution in [0, 0.1) is 21.1 Å². The molecule has 0 aliphatic rings. The number of nitroso groups, excluding NO2 is 2. The fraction of sp³-hybridized carbons (Fsp3) is 0.480. The molecule has 0 aliphatic heterocycles. The second kappa shape index (κ2) is 13.9. The molecule has 3 rings (SSSR count). The Balaban J connectivity index is 1.69. The van der Waals surface area contributed by atoms with Crippen molar-refractivity contribution >= 4 is 29.2 Å². The van der Waals surface area contributed by atoms with Gasteiger partial charge in [-0.2, -0.15) is 14.8 Å². The number of nitrogen functional groups attached to an aromatic ring is 1. The summed E-state index contributed by atoms with van der Waals surface area (Å²) >= 11 is 0. The zero-order chi connectivity index (χ0) is 29.1. The first kappa shape index (κ1) is 29.9. The van der Waals surface area contributed by atoms with E-state index in [9.17, 15) is 24.2 Å². The Kier molecular flexibility index (Phi) is 10.4. The molecule has 15 nitrogen and oxygen atoms in total. The Labute approximate surface area is 228 Å². The average molecular weight is 557 g/mol. The molecule has 0 fully saturated rings. The number of alkyl carbamates (subject to hydrolysis) is 1. The van der Waals surface area contributed by atoms with Crippen LogP contribution in [0.25, 0.3) is 11.2 Å². The fourth-order valence-electron chi connectivity index (χ4n) is 4.05. The van der Waals surface area contributed by atoms with Crippen molar-refractivity contribution < 1.29 is 19.1 Å². The third kappa shape index (κ3) is 8.15. The maximum atomic E-state index is 13.0. The maximum absolute atomic E-state index is 13.0. The lowest BCUT2D eigenvalue weighted by molar-refractivity contribution is -0.150. The Morgan fingerprint density at radius 3 is 2.50 bits per heavy atom. The molecule has 15 heteroatoms. The van der Waals surface area contributed by atoms with Crippen LogP contribution in [-0.4, -0.2) is 57.3 Å². The molecule has 3 aromatic rings. The van der Waals surface area contributed by atoms with Crippen LogP contribution in [0.1, 0.15) is 32.3 Å². The number of hydrogen-bond donors (Lipinski definition) is 3. The van der Waals surface area contributed by atoms with Crippen LogP contribution in [0.5, 0.6) is 0 Å². The molecular formula is C25H32N8O7. The summed E-state index contributed by atoms with van der Waals surface area (Å²) in [5.41, 5.74) is 4.92. The van der Waals surface area contributed by atoms with Gasteiger partial charge in [0.25, 0.3) is 5.56 Å². The quantitative estimate of drug-likeness (QED) is 0.184. The number of aromatic nitrogens is 4. The molecule has 0 aliphatic carbocycles. The number of nitrogens with one attached hydrogen (secondary N) is 2. The lowest BCUT2D eigenvalue weighted by atomic mass is 9.85. The number of anilines is 1. The number of nitrogens with zero attached hydrogens (tertiary/aromatic N) is 5. The molecule has 2 heterocycles. The zero-order valence-electron chi connectivity index (χ0n) is 22.2. The molecule has 0 radical (unpaired) electrons. The van der Waals surface area contributed by atoms with E-state index in [2.05, 4.69) is 30.6 Å². The van der Waals surface area contributed by atoms with Crippen molar-refractivity contribution in [2.45, 2.75) is 45.9 Å². The summed E-state index contributed by atoms with van der Waals surface area (Å²) in [5.74, 6) is -0.849. The summed E-state index contributed by atoms with van der Waals surface area (Å²) in [7, 11) is 0. The smallest absolute Gasteiger partial charge is 0.408 e. The number of aryl methyl sites for hydroxylation is 1. The summed E-state index contributed by atoms with van der Waals surface area (Å²) in [4.78, 5) is 70.6. The SMILES string of the molecule is CC(C)CC(NC(=O)OCc1ccccc1)C(=O)OCC(CCn1cnc2c(=O)[nH]c(N)nc21)(CN=O)CN=O. The second-order valence-corrected chi connectivity index (χ2v) is 9.88. The number of aromatic amines is 1. The highest BCUT2D eigenvalue weighted by Crippen LogP contribution is 2.27. The van der Waals surface area contributed by atoms with Crippen LogP contribution in [0.4, 0.5) is 10.7 Å². The molecule has 0 bridgehead atoms. The summed E-state index contributed by atoms with van der Waals surface area (Å²) in [6.07, 6.45) is 0.928. The van der Waals surface area contributed by atoms with Gasteiger partial charge < -0.3 is 25.1 Å². The summed E-state index contributed by atoms with van der Waals surface area (Å²) < 4.78 is 12.3. The molecule has 0 saturated carbocycles. The van der Waals surface area contributed by atoms with E-state index in [1.54, 1.807) is 12.1 Å². The number of H-pyrrole nitrogens is 1. The highest BCUT2D eigenvalue weighted by atomic mass is 16.6. The minimum atomic E-state index is -1.25. The molecule has 214 valence electrons. The Morgan fingerprint density at radius 2 is 1.85 bits per heavy atom. The monoisotopic (exact) mass is 556 g/mol. The summed E-state index contributed by atoms with van der Waals surface area (Å²) in [5, 5.41) is 8.42. The number of amides is 1. The van der Waals surface area contributed by atoms with Gasteiger partial charge in [-0.3, -0.25) is 9.78 Å². The summed E-state index contributed by atoms with van der Waals surface area (Å²) in [6.45, 7) is 2.76. The fourth-order valence-corrected chi connectivity index (χ4v) is 4.05. The number of rotatable bonds is 15. The van der Waals surface area contributed by atoms with E-state index in [1.807, 2.05) is 32.0 Å². The number of nitrogens with two attached hydrogens (primary N) is 1. The third-order valence-corrected chi connectivity index (χ3v) is 6.19. The van der Waals surface area contributed by atoms with Crippen LogP contribution < -0.4 is 16.6 Å². The normalized spacial score (nSPS) is 12.2. The van der Waals surface area contributed by atoms with Crippen LogP contribution in [0.3, 0.4) is 0 Å². The minimum absolute atomic E-state index is 0.0163. The van der Waals surface area contributed by atoms with Gasteiger partial charge in [-0.05, 0) is 24.3 Å². The van der Waals surface area contributed by atoms with Crippen molar-refractivity contribution in [1.82, 2.24) is 24.8 Å². The van der Waals surface area contributed by atoms with E-state index < -0.39 is 29.1 Å². The number of carbonyl (C=O) groups excluding carboxylic acids is 2. The van der Waals surface area contributed by atoms with Gasteiger partial charge >= 0.3 is 12.1 Å². The number of esters is 1. The highest BCUT2D eigenvalue weighted by molar-refractivity contribution is 5.81. The lowest BCUT2D eigenvalue weighted by Crippen LogP contribution is -2.45. The van der Waals surface area contributed by atoms with Gasteiger partial charge in [0.2, 0.25) is 5.95 Å². The largest absolute Gasteiger partial charge is 0.463 e. The van der Waals surface area contributed by atoms with Crippen molar-refractivity contribution in [3.8, 4) is 0 Å². The number of fused-ring (bicyclic) bond motifs is 1. The molecule has 1 unspecified atom stereocenters. The minimum Gasteiger partial charge on any atom is -0.463 e. The van der Waals surface area contributed by atoms with Crippen LogP contribution in [0.15, 0.2) is 51.8 Å². The van der Waals surface area contributed by atoms with E-state index >= 15 is 0 Å². The summed E-state index contributed by atoms with van der Waals surface area (Å²) in [6, 6.07) is 8.01. The predicted octanol–water partition coefficient (Wildman–Crippen LogP) is 2.50. The van der Waals surface area contributed by atoms with E-state index in [0.29, 0.717) is 0 Å². The van der Waals surface area contributed by atoms with Crippen molar-refractivity contribution in [2.75, 3.05) is 25.4 Å². The lowest BCUT2D eigenvalue weighted by Gasteiger charge is -2.29. The van der Waals surface area contributed by atoms with E-state index in [-0.39, 0.29) is 68.7 Å². The number of ether oxygens (including phenoxy) is 2. The molecule has 4 N–H and O–H groups in total. The van der Waals surface area contributed by atoms with E-state index in [1.165, 1.54) is 10.9 Å². The van der Waals surface area contributed by atoms with Gasteiger partial charge in [-0.15, -0.1) is 0 Å². The zero-order valence-corrected chi connectivity index (χ0v) is 22.2. The molecule has 2 aromatic heterocycles. The molecule has 0 spiro atoms.